The van der Waals surface area contributed by atoms with Gasteiger partial charge in [-0.15, -0.1) is 0 Å². The number of fused-ring (bicyclic) bond motifs is 1. The van der Waals surface area contributed by atoms with Gasteiger partial charge in [-0.25, -0.2) is 4.98 Å². The summed E-state index contributed by atoms with van der Waals surface area (Å²) in [6.45, 7) is 0. The maximum absolute atomic E-state index is 11.2. The van der Waals surface area contributed by atoms with E-state index in [0.717, 1.165) is 0 Å². The highest BCUT2D eigenvalue weighted by Gasteiger charge is 2.06. The summed E-state index contributed by atoms with van der Waals surface area (Å²) in [5, 5.41) is 14.8. The SMILES string of the molecule is [O-][n+]1nc(I)nc2ccccc21. The molecule has 0 aliphatic heterocycles. The van der Waals surface area contributed by atoms with Crippen LogP contribution in [0.1, 0.15) is 0 Å². The lowest BCUT2D eigenvalue weighted by molar-refractivity contribution is -0.644. The van der Waals surface area contributed by atoms with E-state index < -0.39 is 0 Å². The summed E-state index contributed by atoms with van der Waals surface area (Å²) >= 11 is 1.91. The summed E-state index contributed by atoms with van der Waals surface area (Å²) in [5.41, 5.74) is 1.17. The van der Waals surface area contributed by atoms with Crippen LogP contribution in [0, 0.1) is 9.04 Å². The molecule has 2 aromatic rings. The molecule has 0 aliphatic carbocycles. The predicted octanol–water partition coefficient (Wildman–Crippen LogP) is 0.868. The van der Waals surface area contributed by atoms with Crippen LogP contribution in [0.2, 0.25) is 0 Å². The quantitative estimate of drug-likeness (QED) is 0.406. The molecular formula is C7H4IN3O. The van der Waals surface area contributed by atoms with Gasteiger partial charge in [0.25, 0.3) is 9.35 Å². The highest BCUT2D eigenvalue weighted by atomic mass is 127. The van der Waals surface area contributed by atoms with Crippen molar-refractivity contribution >= 4 is 33.6 Å². The Hall–Kier alpha value is -0.980. The largest absolute Gasteiger partial charge is 0.594 e. The van der Waals surface area contributed by atoms with E-state index in [1.54, 1.807) is 18.2 Å². The third kappa shape index (κ3) is 1.20. The van der Waals surface area contributed by atoms with E-state index in [1.165, 1.54) is 0 Å². The molecule has 4 nitrogen and oxygen atoms in total. The van der Waals surface area contributed by atoms with Crippen molar-refractivity contribution in [2.24, 2.45) is 0 Å². The van der Waals surface area contributed by atoms with E-state index in [0.29, 0.717) is 19.7 Å². The molecule has 1 aromatic heterocycles. The average molecular weight is 273 g/mol. The summed E-state index contributed by atoms with van der Waals surface area (Å²) in [6, 6.07) is 7.10. The second-order valence-corrected chi connectivity index (χ2v) is 3.21. The van der Waals surface area contributed by atoms with Gasteiger partial charge in [0.1, 0.15) is 5.52 Å². The zero-order chi connectivity index (χ0) is 8.55. The number of halogens is 1. The molecule has 0 radical (unpaired) electrons. The minimum absolute atomic E-state index is 0.460. The Morgan fingerprint density at radius 3 is 2.92 bits per heavy atom. The van der Waals surface area contributed by atoms with E-state index in [4.69, 9.17) is 0 Å². The maximum atomic E-state index is 11.2. The molecule has 2 rings (SSSR count). The fourth-order valence-corrected chi connectivity index (χ4v) is 1.43. The molecule has 1 aromatic carbocycles. The van der Waals surface area contributed by atoms with Gasteiger partial charge in [-0.05, 0) is 10.9 Å². The summed E-state index contributed by atoms with van der Waals surface area (Å²) < 4.78 is 0.460. The van der Waals surface area contributed by atoms with Crippen molar-refractivity contribution in [3.63, 3.8) is 0 Å². The molecule has 0 atom stereocenters. The van der Waals surface area contributed by atoms with Gasteiger partial charge in [0.2, 0.25) is 0 Å². The van der Waals surface area contributed by atoms with Crippen LogP contribution in [0.5, 0.6) is 0 Å². The summed E-state index contributed by atoms with van der Waals surface area (Å²) in [7, 11) is 0. The second kappa shape index (κ2) is 2.81. The molecule has 0 unspecified atom stereocenters. The van der Waals surface area contributed by atoms with E-state index >= 15 is 0 Å². The number of aromatic nitrogens is 3. The summed E-state index contributed by atoms with van der Waals surface area (Å²) in [4.78, 5) is 4.68. The average Bonchev–Trinajstić information content (AvgIpc) is 2.04. The maximum Gasteiger partial charge on any atom is 0.270 e. The highest BCUT2D eigenvalue weighted by Crippen LogP contribution is 2.05. The third-order valence-electron chi connectivity index (χ3n) is 1.47. The fourth-order valence-electron chi connectivity index (χ4n) is 0.971. The Labute approximate surface area is 82.0 Å². The molecule has 0 spiro atoms. The Morgan fingerprint density at radius 2 is 2.08 bits per heavy atom. The first-order valence-corrected chi connectivity index (χ1v) is 4.37. The number of benzene rings is 1. The van der Waals surface area contributed by atoms with Crippen molar-refractivity contribution in [3.05, 3.63) is 33.3 Å². The first-order valence-electron chi connectivity index (χ1n) is 3.29. The molecule has 12 heavy (non-hydrogen) atoms. The molecule has 0 aliphatic rings. The lowest BCUT2D eigenvalue weighted by Crippen LogP contribution is -2.33. The van der Waals surface area contributed by atoms with Crippen LogP contribution in [0.3, 0.4) is 0 Å². The molecule has 60 valence electrons. The van der Waals surface area contributed by atoms with E-state index in [1.807, 2.05) is 28.7 Å². The van der Waals surface area contributed by atoms with Gasteiger partial charge in [-0.1, -0.05) is 12.1 Å². The lowest BCUT2D eigenvalue weighted by atomic mass is 10.3. The van der Waals surface area contributed by atoms with Crippen molar-refractivity contribution in [2.75, 3.05) is 0 Å². The zero-order valence-corrected chi connectivity index (χ0v) is 8.09. The Bertz CT molecular complexity index is 432. The van der Waals surface area contributed by atoms with E-state index in [2.05, 4.69) is 10.1 Å². The van der Waals surface area contributed by atoms with E-state index in [-0.39, 0.29) is 0 Å². The third-order valence-corrected chi connectivity index (χ3v) is 1.93. The minimum Gasteiger partial charge on any atom is -0.594 e. The normalized spacial score (nSPS) is 10.4. The number of hydrogen-bond donors (Lipinski definition) is 0. The molecule has 0 bridgehead atoms. The minimum atomic E-state index is 0.460. The van der Waals surface area contributed by atoms with Crippen molar-refractivity contribution in [3.8, 4) is 0 Å². The van der Waals surface area contributed by atoms with Crippen LogP contribution in [-0.2, 0) is 0 Å². The summed E-state index contributed by atoms with van der Waals surface area (Å²) in [5.74, 6) is 0. The second-order valence-electron chi connectivity index (χ2n) is 2.24. The van der Waals surface area contributed by atoms with Crippen molar-refractivity contribution in [2.45, 2.75) is 0 Å². The topological polar surface area (TPSA) is 52.7 Å². The highest BCUT2D eigenvalue weighted by molar-refractivity contribution is 14.1. The van der Waals surface area contributed by atoms with Gasteiger partial charge < -0.3 is 5.21 Å². The van der Waals surface area contributed by atoms with Crippen LogP contribution in [0.15, 0.2) is 24.3 Å². The first-order chi connectivity index (χ1) is 5.77. The standard InChI is InChI=1S/C7H4IN3O/c8-7-9-5-3-1-2-4-6(5)11(12)10-7/h1-4H. The van der Waals surface area contributed by atoms with Gasteiger partial charge in [-0.2, -0.15) is 0 Å². The van der Waals surface area contributed by atoms with E-state index in [9.17, 15) is 5.21 Å². The van der Waals surface area contributed by atoms with Crippen molar-refractivity contribution in [1.82, 2.24) is 10.1 Å². The monoisotopic (exact) mass is 273 g/mol. The molecule has 0 N–H and O–H groups in total. The molecular weight excluding hydrogens is 269 g/mol. The van der Waals surface area contributed by atoms with Crippen molar-refractivity contribution in [1.29, 1.82) is 0 Å². The van der Waals surface area contributed by atoms with Gasteiger partial charge in [0.05, 0.1) is 0 Å². The molecule has 0 saturated heterocycles. The molecule has 1 heterocycles. The predicted molar refractivity (Wildman–Crippen MR) is 51.2 cm³/mol. The molecule has 0 saturated carbocycles. The van der Waals surface area contributed by atoms with Crippen LogP contribution >= 0.6 is 22.6 Å². The molecule has 5 heteroatoms. The Kier molecular flexibility index (Phi) is 1.80. The number of nitrogens with zero attached hydrogens (tertiary/aromatic N) is 3. The number of rotatable bonds is 0. The molecule has 0 amide bonds. The summed E-state index contributed by atoms with van der Waals surface area (Å²) in [6.07, 6.45) is 0. The van der Waals surface area contributed by atoms with Crippen LogP contribution in [0.4, 0.5) is 0 Å². The van der Waals surface area contributed by atoms with Crippen LogP contribution in [0.25, 0.3) is 11.0 Å². The zero-order valence-electron chi connectivity index (χ0n) is 5.94. The number of para-hydroxylation sites is 2. The Morgan fingerprint density at radius 1 is 1.33 bits per heavy atom. The van der Waals surface area contributed by atoms with Crippen molar-refractivity contribution < 1.29 is 4.85 Å². The first kappa shape index (κ1) is 7.66. The van der Waals surface area contributed by atoms with Gasteiger partial charge in [0.15, 0.2) is 0 Å². The lowest BCUT2D eigenvalue weighted by Gasteiger charge is -1.96. The molecule has 0 fully saturated rings. The van der Waals surface area contributed by atoms with Crippen LogP contribution < -0.4 is 4.85 Å². The number of hydrogen-bond acceptors (Lipinski definition) is 3. The van der Waals surface area contributed by atoms with Gasteiger partial charge in [-0.3, -0.25) is 0 Å². The van der Waals surface area contributed by atoms with Gasteiger partial charge >= 0.3 is 0 Å². The van der Waals surface area contributed by atoms with Crippen LogP contribution in [-0.4, -0.2) is 10.1 Å². The van der Waals surface area contributed by atoms with Gasteiger partial charge in [0, 0.05) is 33.8 Å². The fraction of sp³-hybridized carbons (Fsp3) is 0. The Balaban J connectivity index is 2.89. The smallest absolute Gasteiger partial charge is 0.270 e.